The van der Waals surface area contributed by atoms with Crippen LogP contribution in [0.4, 0.5) is 0 Å². The summed E-state index contributed by atoms with van der Waals surface area (Å²) in [6.45, 7) is 1.17. The second kappa shape index (κ2) is 9.29. The van der Waals surface area contributed by atoms with E-state index in [2.05, 4.69) is 10.3 Å². The lowest BCUT2D eigenvalue weighted by Gasteiger charge is -2.21. The highest BCUT2D eigenvalue weighted by Gasteiger charge is 2.08. The Morgan fingerprint density at radius 3 is 2.84 bits per heavy atom. The average molecular weight is 381 g/mol. The third-order valence-corrected chi connectivity index (χ3v) is 4.54. The first-order chi connectivity index (χ1) is 12.0. The molecule has 0 atom stereocenters. The van der Waals surface area contributed by atoms with Gasteiger partial charge in [0.15, 0.2) is 12.6 Å². The van der Waals surface area contributed by atoms with Crippen LogP contribution in [0.25, 0.3) is 0 Å². The summed E-state index contributed by atoms with van der Waals surface area (Å²) in [5.41, 5.74) is 6.10. The van der Waals surface area contributed by atoms with Crippen LogP contribution in [0.15, 0.2) is 41.4 Å². The van der Waals surface area contributed by atoms with Gasteiger partial charge < -0.3 is 20.7 Å². The van der Waals surface area contributed by atoms with Crippen molar-refractivity contribution in [2.24, 2.45) is 10.7 Å². The first-order valence-corrected chi connectivity index (χ1v) is 8.83. The maximum atomic E-state index is 10.8. The summed E-state index contributed by atoms with van der Waals surface area (Å²) >= 11 is 7.53. The molecule has 0 aliphatic heterocycles. The van der Waals surface area contributed by atoms with Crippen LogP contribution < -0.4 is 15.8 Å². The zero-order valence-electron chi connectivity index (χ0n) is 14.2. The first kappa shape index (κ1) is 19.1. The number of amides is 1. The fraction of sp³-hybridized carbons (Fsp3) is 0.294. The van der Waals surface area contributed by atoms with Gasteiger partial charge in [0.25, 0.3) is 5.91 Å². The first-order valence-electron chi connectivity index (χ1n) is 7.64. The Morgan fingerprint density at radius 2 is 2.20 bits per heavy atom. The molecule has 0 saturated heterocycles. The number of carbonyl (C=O) groups excluding carboxylic acids is 1. The lowest BCUT2D eigenvalue weighted by molar-refractivity contribution is -0.119. The van der Waals surface area contributed by atoms with Crippen LogP contribution in [0.3, 0.4) is 0 Å². The third kappa shape index (κ3) is 6.28. The number of ether oxygens (including phenoxy) is 1. The van der Waals surface area contributed by atoms with E-state index in [9.17, 15) is 4.79 Å². The van der Waals surface area contributed by atoms with Crippen LogP contribution >= 0.6 is 22.9 Å². The maximum Gasteiger partial charge on any atom is 0.255 e. The molecule has 0 radical (unpaired) electrons. The van der Waals surface area contributed by atoms with E-state index >= 15 is 0 Å². The predicted octanol–water partition coefficient (Wildman–Crippen LogP) is 2.47. The summed E-state index contributed by atoms with van der Waals surface area (Å²) in [7, 11) is 3.71. The zero-order valence-corrected chi connectivity index (χ0v) is 15.7. The van der Waals surface area contributed by atoms with Crippen molar-refractivity contribution in [1.29, 1.82) is 0 Å². The van der Waals surface area contributed by atoms with Crippen LogP contribution in [-0.2, 0) is 17.9 Å². The van der Waals surface area contributed by atoms with Crippen LogP contribution in [-0.4, -0.2) is 37.5 Å². The molecular formula is C17H21ClN4O2S. The number of hydrogen-bond acceptors (Lipinski definition) is 4. The van der Waals surface area contributed by atoms with E-state index in [0.29, 0.717) is 12.3 Å². The quantitative estimate of drug-likeness (QED) is 0.571. The molecule has 2 rings (SSSR count). The van der Waals surface area contributed by atoms with E-state index in [-0.39, 0.29) is 6.61 Å². The van der Waals surface area contributed by atoms with Crippen molar-refractivity contribution in [1.82, 2.24) is 10.2 Å². The Bertz CT molecular complexity index is 748. The second-order valence-electron chi connectivity index (χ2n) is 5.37. The summed E-state index contributed by atoms with van der Waals surface area (Å²) in [5, 5.41) is 3.31. The molecule has 3 N–H and O–H groups in total. The van der Waals surface area contributed by atoms with Crippen molar-refractivity contribution < 1.29 is 9.53 Å². The van der Waals surface area contributed by atoms with Crippen molar-refractivity contribution in [3.8, 4) is 5.75 Å². The molecule has 25 heavy (non-hydrogen) atoms. The summed E-state index contributed by atoms with van der Waals surface area (Å²) in [6, 6.07) is 11.4. The molecule has 0 aliphatic carbocycles. The Hall–Kier alpha value is -2.25. The fourth-order valence-corrected chi connectivity index (χ4v) is 3.35. The van der Waals surface area contributed by atoms with Crippen molar-refractivity contribution in [3.63, 3.8) is 0 Å². The Kier molecular flexibility index (Phi) is 7.09. The number of nitrogens with zero attached hydrogens (tertiary/aromatic N) is 2. The number of carbonyl (C=O) groups is 1. The number of benzene rings is 1. The van der Waals surface area contributed by atoms with Gasteiger partial charge in [-0.25, -0.2) is 0 Å². The van der Waals surface area contributed by atoms with Gasteiger partial charge in [-0.2, -0.15) is 0 Å². The smallest absolute Gasteiger partial charge is 0.255 e. The van der Waals surface area contributed by atoms with Gasteiger partial charge in [-0.1, -0.05) is 23.7 Å². The zero-order chi connectivity index (χ0) is 18.2. The number of rotatable bonds is 7. The highest BCUT2D eigenvalue weighted by Crippen LogP contribution is 2.22. The van der Waals surface area contributed by atoms with E-state index in [0.717, 1.165) is 27.3 Å². The number of hydrogen-bond donors (Lipinski definition) is 2. The van der Waals surface area contributed by atoms with Gasteiger partial charge in [0, 0.05) is 25.5 Å². The molecule has 0 fully saturated rings. The Balaban J connectivity index is 1.91. The molecule has 134 valence electrons. The largest absolute Gasteiger partial charge is 0.484 e. The van der Waals surface area contributed by atoms with Gasteiger partial charge in [-0.3, -0.25) is 9.79 Å². The monoisotopic (exact) mass is 380 g/mol. The van der Waals surface area contributed by atoms with Crippen LogP contribution in [0.2, 0.25) is 4.34 Å². The lowest BCUT2D eigenvalue weighted by Crippen LogP contribution is -2.37. The van der Waals surface area contributed by atoms with E-state index in [1.807, 2.05) is 42.3 Å². The third-order valence-electron chi connectivity index (χ3n) is 3.33. The van der Waals surface area contributed by atoms with Crippen molar-refractivity contribution in [2.75, 3.05) is 20.7 Å². The molecule has 0 saturated carbocycles. The van der Waals surface area contributed by atoms with Gasteiger partial charge in [-0.05, 0) is 29.8 Å². The highest BCUT2D eigenvalue weighted by atomic mass is 35.5. The van der Waals surface area contributed by atoms with E-state index in [1.165, 1.54) is 0 Å². The molecule has 1 heterocycles. The number of nitrogens with two attached hydrogens (primary N) is 1. The molecular weight excluding hydrogens is 360 g/mol. The topological polar surface area (TPSA) is 80.0 Å². The normalized spacial score (nSPS) is 11.2. The minimum absolute atomic E-state index is 0.134. The number of halogens is 1. The number of nitrogens with one attached hydrogen (secondary N) is 1. The summed E-state index contributed by atoms with van der Waals surface area (Å²) < 4.78 is 6.09. The van der Waals surface area contributed by atoms with E-state index < -0.39 is 5.91 Å². The molecule has 8 heteroatoms. The molecule has 0 bridgehead atoms. The number of aliphatic imine (C=N–C) groups is 1. The molecule has 2 aromatic rings. The summed E-state index contributed by atoms with van der Waals surface area (Å²) in [6.07, 6.45) is 0. The number of guanidine groups is 1. The molecule has 1 aromatic carbocycles. The predicted molar refractivity (Wildman–Crippen MR) is 102 cm³/mol. The van der Waals surface area contributed by atoms with Crippen molar-refractivity contribution >= 4 is 34.8 Å². The summed E-state index contributed by atoms with van der Waals surface area (Å²) in [4.78, 5) is 18.3. The standard InChI is InChI=1S/C17H21ClN4O2S/c1-20-17(22(2)10-14-6-7-15(18)25-14)21-9-12-4-3-5-13(8-12)24-11-16(19)23/h3-8H,9-11H2,1-2H3,(H2,19,23)(H,20,21). The number of thiophene rings is 1. The number of primary amides is 1. The van der Waals surface area contributed by atoms with Gasteiger partial charge in [-0.15, -0.1) is 11.3 Å². The minimum atomic E-state index is -0.501. The maximum absolute atomic E-state index is 10.8. The Labute approximate surface area is 156 Å². The van der Waals surface area contributed by atoms with Gasteiger partial charge in [0.1, 0.15) is 5.75 Å². The van der Waals surface area contributed by atoms with Crippen molar-refractivity contribution in [3.05, 3.63) is 51.2 Å². The highest BCUT2D eigenvalue weighted by molar-refractivity contribution is 7.16. The minimum Gasteiger partial charge on any atom is -0.484 e. The Morgan fingerprint density at radius 1 is 1.40 bits per heavy atom. The van der Waals surface area contributed by atoms with Crippen molar-refractivity contribution in [2.45, 2.75) is 13.1 Å². The molecule has 0 aliphatic rings. The molecule has 1 aromatic heterocycles. The van der Waals surface area contributed by atoms with E-state index in [1.54, 1.807) is 24.5 Å². The lowest BCUT2D eigenvalue weighted by atomic mass is 10.2. The molecule has 1 amide bonds. The van der Waals surface area contributed by atoms with E-state index in [4.69, 9.17) is 22.1 Å². The van der Waals surface area contributed by atoms with Crippen LogP contribution in [0, 0.1) is 0 Å². The SMILES string of the molecule is CN=C(NCc1cccc(OCC(N)=O)c1)N(C)Cc1ccc(Cl)s1. The average Bonchev–Trinajstić information content (AvgIpc) is 2.99. The molecule has 0 spiro atoms. The van der Waals surface area contributed by atoms with Gasteiger partial charge in [0.2, 0.25) is 0 Å². The van der Waals surface area contributed by atoms with Crippen LogP contribution in [0.5, 0.6) is 5.75 Å². The fourth-order valence-electron chi connectivity index (χ4n) is 2.21. The second-order valence-corrected chi connectivity index (χ2v) is 7.16. The molecule has 6 nitrogen and oxygen atoms in total. The van der Waals surface area contributed by atoms with Gasteiger partial charge in [0.05, 0.1) is 10.9 Å². The van der Waals surface area contributed by atoms with Gasteiger partial charge >= 0.3 is 0 Å². The summed E-state index contributed by atoms with van der Waals surface area (Å²) in [5.74, 6) is 0.877. The molecule has 0 unspecified atom stereocenters. The van der Waals surface area contributed by atoms with Crippen LogP contribution in [0.1, 0.15) is 10.4 Å².